The molecule has 130 valence electrons. The van der Waals surface area contributed by atoms with Crippen molar-refractivity contribution in [3.05, 3.63) is 34.4 Å². The summed E-state index contributed by atoms with van der Waals surface area (Å²) >= 11 is 0. The van der Waals surface area contributed by atoms with E-state index in [-0.39, 0.29) is 22.0 Å². The van der Waals surface area contributed by atoms with E-state index in [2.05, 4.69) is 13.8 Å². The van der Waals surface area contributed by atoms with Crippen molar-refractivity contribution in [2.75, 3.05) is 0 Å². The smallest absolute Gasteiger partial charge is 0.0725 e. The Bertz CT molecular complexity index is 677. The highest BCUT2D eigenvalue weighted by Crippen LogP contribution is 2.50. The van der Waals surface area contributed by atoms with E-state index in [1.54, 1.807) is 0 Å². The zero-order valence-corrected chi connectivity index (χ0v) is 14.4. The van der Waals surface area contributed by atoms with Crippen molar-refractivity contribution in [2.24, 2.45) is 0 Å². The van der Waals surface area contributed by atoms with Crippen molar-refractivity contribution in [3.8, 4) is 0 Å². The molecule has 0 unspecified atom stereocenters. The predicted octanol–water partition coefficient (Wildman–Crippen LogP) is 2.08. The molecule has 0 heterocycles. The van der Waals surface area contributed by atoms with Crippen LogP contribution in [0.2, 0.25) is 0 Å². The largest absolute Gasteiger partial charge is 0.545 e. The third kappa shape index (κ3) is 2.62. The molecule has 24 heavy (non-hydrogen) atoms. The summed E-state index contributed by atoms with van der Waals surface area (Å²) in [6.45, 7) is 4.25. The molecule has 1 aromatic carbocycles. The van der Waals surface area contributed by atoms with Gasteiger partial charge in [0, 0.05) is 11.1 Å². The van der Waals surface area contributed by atoms with Crippen molar-refractivity contribution in [1.29, 1.82) is 0 Å². The van der Waals surface area contributed by atoms with Crippen LogP contribution in [0, 0.1) is 0 Å². The number of carbonyl (C=O) groups excluding carboxylic acids is 2. The van der Waals surface area contributed by atoms with Gasteiger partial charge >= 0.3 is 0 Å². The molecule has 0 aliphatic heterocycles. The number of carboxylic acids is 2. The summed E-state index contributed by atoms with van der Waals surface area (Å²) in [6, 6.07) is 3.24. The molecule has 1 aromatic rings. The first-order valence-corrected chi connectivity index (χ1v) is 8.89. The Morgan fingerprint density at radius 3 is 1.79 bits per heavy atom. The first-order valence-electron chi connectivity index (χ1n) is 8.89. The number of hydrogen-bond acceptors (Lipinski definition) is 4. The number of carboxylic acid groups (broad SMARTS) is 2. The minimum Gasteiger partial charge on any atom is -0.545 e. The minimum absolute atomic E-state index is 0.0877. The normalized spacial score (nSPS) is 21.8. The highest BCUT2D eigenvalue weighted by molar-refractivity contribution is 6.02. The molecule has 2 aliphatic rings. The van der Waals surface area contributed by atoms with E-state index in [0.717, 1.165) is 56.9 Å². The maximum Gasteiger partial charge on any atom is 0.0725 e. The van der Waals surface area contributed by atoms with Crippen molar-refractivity contribution >= 4 is 11.9 Å². The molecule has 0 radical (unpaired) electrons. The van der Waals surface area contributed by atoms with Gasteiger partial charge in [0.25, 0.3) is 0 Å². The first kappa shape index (κ1) is 17.0. The standard InChI is InChI=1S/C20H26O4/c1-19(9-3-4-10-19)14-8-7-13(17(21)22)15(18(23)24)16(14)20(2)11-5-6-12-20/h7-8H,3-6,9-12H2,1-2H3,(H,21,22)(H,23,24)/p-2. The van der Waals surface area contributed by atoms with Gasteiger partial charge in [-0.05, 0) is 47.6 Å². The quantitative estimate of drug-likeness (QED) is 0.847. The van der Waals surface area contributed by atoms with E-state index >= 15 is 0 Å². The summed E-state index contributed by atoms with van der Waals surface area (Å²) < 4.78 is 0. The summed E-state index contributed by atoms with van der Waals surface area (Å²) in [7, 11) is 0. The lowest BCUT2D eigenvalue weighted by atomic mass is 9.68. The maximum absolute atomic E-state index is 11.9. The Morgan fingerprint density at radius 2 is 1.33 bits per heavy atom. The van der Waals surface area contributed by atoms with Gasteiger partial charge in [-0.25, -0.2) is 0 Å². The van der Waals surface area contributed by atoms with E-state index in [9.17, 15) is 19.8 Å². The number of benzene rings is 1. The lowest BCUT2D eigenvalue weighted by molar-refractivity contribution is -0.259. The Labute approximate surface area is 142 Å². The van der Waals surface area contributed by atoms with E-state index in [1.165, 1.54) is 6.07 Å². The molecule has 0 saturated heterocycles. The summed E-state index contributed by atoms with van der Waals surface area (Å²) in [5.41, 5.74) is 0.922. The molecular formula is C20H24O4-2. The molecular weight excluding hydrogens is 304 g/mol. The molecule has 0 N–H and O–H groups in total. The van der Waals surface area contributed by atoms with E-state index in [4.69, 9.17) is 0 Å². The minimum atomic E-state index is -1.44. The lowest BCUT2D eigenvalue weighted by Crippen LogP contribution is -2.37. The fraction of sp³-hybridized carbons (Fsp3) is 0.600. The molecule has 0 aromatic heterocycles. The Kier molecular flexibility index (Phi) is 4.18. The van der Waals surface area contributed by atoms with Gasteiger partial charge in [-0.2, -0.15) is 0 Å². The first-order chi connectivity index (χ1) is 11.3. The van der Waals surface area contributed by atoms with Crippen LogP contribution in [0.1, 0.15) is 97.1 Å². The van der Waals surface area contributed by atoms with Crippen LogP contribution in [0.25, 0.3) is 0 Å². The Balaban J connectivity index is 2.32. The van der Waals surface area contributed by atoms with Crippen molar-refractivity contribution in [1.82, 2.24) is 0 Å². The van der Waals surface area contributed by atoms with Gasteiger partial charge < -0.3 is 19.8 Å². The van der Waals surface area contributed by atoms with Gasteiger partial charge in [0.05, 0.1) is 11.9 Å². The van der Waals surface area contributed by atoms with Crippen LogP contribution in [0.3, 0.4) is 0 Å². The molecule has 4 nitrogen and oxygen atoms in total. The second-order valence-electron chi connectivity index (χ2n) is 8.02. The summed E-state index contributed by atoms with van der Waals surface area (Å²) in [4.78, 5) is 23.4. The monoisotopic (exact) mass is 328 g/mol. The van der Waals surface area contributed by atoms with Gasteiger partial charge in [-0.1, -0.05) is 51.7 Å². The predicted molar refractivity (Wildman–Crippen MR) is 86.7 cm³/mol. The van der Waals surface area contributed by atoms with E-state index in [0.29, 0.717) is 5.56 Å². The Hall–Kier alpha value is -1.84. The maximum atomic E-state index is 11.9. The van der Waals surface area contributed by atoms with Gasteiger partial charge in [-0.15, -0.1) is 0 Å². The van der Waals surface area contributed by atoms with E-state index < -0.39 is 11.9 Å². The van der Waals surface area contributed by atoms with Crippen LogP contribution in [0.4, 0.5) is 0 Å². The molecule has 2 fully saturated rings. The van der Waals surface area contributed by atoms with Crippen molar-refractivity contribution < 1.29 is 19.8 Å². The number of aromatic carboxylic acids is 2. The van der Waals surface area contributed by atoms with Gasteiger partial charge in [0.1, 0.15) is 0 Å². The van der Waals surface area contributed by atoms with Crippen LogP contribution in [0.5, 0.6) is 0 Å². The summed E-state index contributed by atoms with van der Waals surface area (Å²) in [5, 5.41) is 23.4. The molecule has 3 rings (SSSR count). The fourth-order valence-corrected chi connectivity index (χ4v) is 4.94. The number of rotatable bonds is 4. The molecule has 0 bridgehead atoms. The van der Waals surface area contributed by atoms with Gasteiger partial charge in [-0.3, -0.25) is 0 Å². The van der Waals surface area contributed by atoms with Crippen LogP contribution < -0.4 is 10.2 Å². The number of carbonyl (C=O) groups is 2. The second kappa shape index (κ2) is 5.91. The molecule has 2 aliphatic carbocycles. The molecule has 2 saturated carbocycles. The van der Waals surface area contributed by atoms with Crippen LogP contribution in [-0.2, 0) is 10.8 Å². The zero-order valence-electron chi connectivity index (χ0n) is 14.4. The SMILES string of the molecule is CC1(c2ccc(C(=O)[O-])c(C(=O)[O-])c2C2(C)CCCC2)CCCC1. The average Bonchev–Trinajstić information content (AvgIpc) is 3.16. The summed E-state index contributed by atoms with van der Waals surface area (Å²) in [5.74, 6) is -2.85. The third-order valence-corrected chi connectivity index (χ3v) is 6.30. The van der Waals surface area contributed by atoms with Crippen molar-refractivity contribution in [3.63, 3.8) is 0 Å². The fourth-order valence-electron chi connectivity index (χ4n) is 4.94. The van der Waals surface area contributed by atoms with Crippen LogP contribution in [-0.4, -0.2) is 11.9 Å². The highest BCUT2D eigenvalue weighted by atomic mass is 16.4. The highest BCUT2D eigenvalue weighted by Gasteiger charge is 2.41. The average molecular weight is 328 g/mol. The van der Waals surface area contributed by atoms with Crippen LogP contribution >= 0.6 is 0 Å². The molecule has 0 amide bonds. The number of hydrogen-bond donors (Lipinski definition) is 0. The topological polar surface area (TPSA) is 80.3 Å². The van der Waals surface area contributed by atoms with Crippen molar-refractivity contribution in [2.45, 2.75) is 76.0 Å². The Morgan fingerprint density at radius 1 is 0.833 bits per heavy atom. The molecule has 0 spiro atoms. The lowest BCUT2D eigenvalue weighted by Gasteiger charge is -2.37. The van der Waals surface area contributed by atoms with E-state index in [1.807, 2.05) is 6.07 Å². The van der Waals surface area contributed by atoms with Crippen LogP contribution in [0.15, 0.2) is 12.1 Å². The van der Waals surface area contributed by atoms with Gasteiger partial charge in [0.2, 0.25) is 0 Å². The van der Waals surface area contributed by atoms with Gasteiger partial charge in [0.15, 0.2) is 0 Å². The summed E-state index contributed by atoms with van der Waals surface area (Å²) in [6.07, 6.45) is 8.09. The zero-order chi connectivity index (χ0) is 17.5. The third-order valence-electron chi connectivity index (χ3n) is 6.30. The second-order valence-corrected chi connectivity index (χ2v) is 8.02. The molecule has 4 heteroatoms. The molecule has 0 atom stereocenters.